The van der Waals surface area contributed by atoms with E-state index in [2.05, 4.69) is 20.4 Å². The lowest BCUT2D eigenvalue weighted by atomic mass is 9.79. The molecule has 0 aliphatic heterocycles. The minimum Gasteiger partial charge on any atom is -0.0996 e. The van der Waals surface area contributed by atoms with Crippen LogP contribution in [-0.4, -0.2) is 0 Å². The van der Waals surface area contributed by atoms with E-state index in [1.807, 2.05) is 13.8 Å². The summed E-state index contributed by atoms with van der Waals surface area (Å²) in [6.45, 7) is 12.7. The Morgan fingerprint density at radius 3 is 2.18 bits per heavy atom. The van der Waals surface area contributed by atoms with Crippen LogP contribution in [0.15, 0.2) is 12.2 Å². The number of hydrogen-bond acceptors (Lipinski definition) is 0. The van der Waals surface area contributed by atoms with Crippen molar-refractivity contribution in [3.05, 3.63) is 12.2 Å². The predicted molar refractivity (Wildman–Crippen MR) is 52.7 cm³/mol. The second-order valence-corrected chi connectivity index (χ2v) is 3.32. The molecule has 0 heteroatoms. The van der Waals surface area contributed by atoms with Gasteiger partial charge in [0.1, 0.15) is 0 Å². The van der Waals surface area contributed by atoms with Crippen LogP contribution in [0.3, 0.4) is 0 Å². The molecule has 1 rings (SSSR count). The van der Waals surface area contributed by atoms with Crippen LogP contribution in [0.2, 0.25) is 0 Å². The molecular weight excluding hydrogens is 132 g/mol. The molecule has 0 heterocycles. The molecule has 0 spiro atoms. The normalized spacial score (nSPS) is 30.7. The monoisotopic (exact) mass is 154 g/mol. The van der Waals surface area contributed by atoms with E-state index in [1.54, 1.807) is 0 Å². The summed E-state index contributed by atoms with van der Waals surface area (Å²) in [6, 6.07) is 0. The molecular formula is C11H22. The van der Waals surface area contributed by atoms with Crippen LogP contribution in [0.5, 0.6) is 0 Å². The highest BCUT2D eigenvalue weighted by Crippen LogP contribution is 2.32. The van der Waals surface area contributed by atoms with Gasteiger partial charge in [-0.15, -0.1) is 0 Å². The van der Waals surface area contributed by atoms with Gasteiger partial charge in [-0.3, -0.25) is 0 Å². The molecule has 66 valence electrons. The molecule has 0 N–H and O–H groups in total. The van der Waals surface area contributed by atoms with Crippen molar-refractivity contribution in [2.75, 3.05) is 0 Å². The summed E-state index contributed by atoms with van der Waals surface area (Å²) in [5.74, 6) is 1.66. The van der Waals surface area contributed by atoms with Crippen LogP contribution >= 0.6 is 0 Å². The van der Waals surface area contributed by atoms with Crippen molar-refractivity contribution in [2.45, 2.75) is 47.0 Å². The van der Waals surface area contributed by atoms with Gasteiger partial charge in [0, 0.05) is 0 Å². The highest BCUT2D eigenvalue weighted by molar-refractivity contribution is 5.03. The molecule has 0 aromatic heterocycles. The highest BCUT2D eigenvalue weighted by atomic mass is 14.2. The quantitative estimate of drug-likeness (QED) is 0.462. The first-order valence-electron chi connectivity index (χ1n) is 4.89. The zero-order valence-corrected chi connectivity index (χ0v) is 8.48. The van der Waals surface area contributed by atoms with Gasteiger partial charge in [0.25, 0.3) is 0 Å². The van der Waals surface area contributed by atoms with Crippen molar-refractivity contribution >= 4 is 0 Å². The van der Waals surface area contributed by atoms with Gasteiger partial charge in [0.2, 0.25) is 0 Å². The number of hydrogen-bond donors (Lipinski definition) is 0. The third-order valence-electron chi connectivity index (χ3n) is 2.65. The summed E-state index contributed by atoms with van der Waals surface area (Å²) in [7, 11) is 0. The zero-order valence-electron chi connectivity index (χ0n) is 8.48. The van der Waals surface area contributed by atoms with Gasteiger partial charge in [-0.25, -0.2) is 0 Å². The molecule has 0 radical (unpaired) electrons. The van der Waals surface area contributed by atoms with E-state index in [9.17, 15) is 0 Å². The van der Waals surface area contributed by atoms with E-state index in [0.29, 0.717) is 0 Å². The SMILES string of the molecule is C=C1CCCC(C)C1C.CC. The molecule has 1 aliphatic rings. The lowest BCUT2D eigenvalue weighted by Crippen LogP contribution is -2.15. The molecule has 1 fully saturated rings. The maximum absolute atomic E-state index is 4.05. The van der Waals surface area contributed by atoms with Gasteiger partial charge in [-0.05, 0) is 31.1 Å². The third-order valence-corrected chi connectivity index (χ3v) is 2.65. The van der Waals surface area contributed by atoms with Crippen molar-refractivity contribution in [3.63, 3.8) is 0 Å². The molecule has 11 heavy (non-hydrogen) atoms. The Morgan fingerprint density at radius 1 is 1.27 bits per heavy atom. The molecule has 0 nitrogen and oxygen atoms in total. The molecule has 2 unspecified atom stereocenters. The molecule has 0 aromatic rings. The second-order valence-electron chi connectivity index (χ2n) is 3.32. The van der Waals surface area contributed by atoms with Crippen LogP contribution < -0.4 is 0 Å². The summed E-state index contributed by atoms with van der Waals surface area (Å²) < 4.78 is 0. The summed E-state index contributed by atoms with van der Waals surface area (Å²) in [5.41, 5.74) is 1.47. The number of allylic oxidation sites excluding steroid dienone is 1. The Balaban J connectivity index is 0.000000461. The summed E-state index contributed by atoms with van der Waals surface area (Å²) in [5, 5.41) is 0. The first-order valence-corrected chi connectivity index (χ1v) is 4.89. The fraction of sp³-hybridized carbons (Fsp3) is 0.818. The fourth-order valence-electron chi connectivity index (χ4n) is 1.53. The van der Waals surface area contributed by atoms with Gasteiger partial charge < -0.3 is 0 Å². The molecule has 0 bridgehead atoms. The van der Waals surface area contributed by atoms with Crippen LogP contribution in [0.1, 0.15) is 47.0 Å². The van der Waals surface area contributed by atoms with Gasteiger partial charge >= 0.3 is 0 Å². The number of rotatable bonds is 0. The summed E-state index contributed by atoms with van der Waals surface area (Å²) in [4.78, 5) is 0. The smallest absolute Gasteiger partial charge is 0.0209 e. The van der Waals surface area contributed by atoms with Gasteiger partial charge in [0.15, 0.2) is 0 Å². The van der Waals surface area contributed by atoms with Crippen LogP contribution in [0.25, 0.3) is 0 Å². The second kappa shape index (κ2) is 5.40. The Morgan fingerprint density at radius 2 is 1.82 bits per heavy atom. The minimum atomic E-state index is 0.777. The summed E-state index contributed by atoms with van der Waals surface area (Å²) >= 11 is 0. The zero-order chi connectivity index (χ0) is 8.85. The maximum Gasteiger partial charge on any atom is -0.0209 e. The Hall–Kier alpha value is -0.260. The molecule has 1 aliphatic carbocycles. The topological polar surface area (TPSA) is 0 Å². The van der Waals surface area contributed by atoms with E-state index in [4.69, 9.17) is 0 Å². The van der Waals surface area contributed by atoms with Crippen molar-refractivity contribution in [1.29, 1.82) is 0 Å². The molecule has 0 saturated heterocycles. The minimum absolute atomic E-state index is 0.777. The lowest BCUT2D eigenvalue weighted by molar-refractivity contribution is 0.351. The van der Waals surface area contributed by atoms with Crippen molar-refractivity contribution in [1.82, 2.24) is 0 Å². The van der Waals surface area contributed by atoms with Crippen molar-refractivity contribution < 1.29 is 0 Å². The molecule has 2 atom stereocenters. The molecule has 1 saturated carbocycles. The molecule has 0 aromatic carbocycles. The standard InChI is InChI=1S/C9H16.C2H6/c1-7-5-4-6-8(2)9(7)3;1-2/h8-9H,1,4-6H2,2-3H3;1-2H3. The van der Waals surface area contributed by atoms with E-state index < -0.39 is 0 Å². The van der Waals surface area contributed by atoms with Crippen LogP contribution in [0.4, 0.5) is 0 Å². The van der Waals surface area contributed by atoms with Gasteiger partial charge in [0.05, 0.1) is 0 Å². The van der Waals surface area contributed by atoms with Crippen LogP contribution in [0, 0.1) is 11.8 Å². The Labute approximate surface area is 71.7 Å². The highest BCUT2D eigenvalue weighted by Gasteiger charge is 2.19. The Kier molecular flexibility index (Phi) is 5.27. The predicted octanol–water partition coefficient (Wildman–Crippen LogP) is 4.02. The lowest BCUT2D eigenvalue weighted by Gasteiger charge is -2.27. The van der Waals surface area contributed by atoms with E-state index in [1.165, 1.54) is 24.8 Å². The van der Waals surface area contributed by atoms with E-state index >= 15 is 0 Å². The largest absolute Gasteiger partial charge is 0.0996 e. The average Bonchev–Trinajstić information content (AvgIpc) is 2.04. The Bertz CT molecular complexity index is 113. The molecule has 0 amide bonds. The van der Waals surface area contributed by atoms with E-state index in [0.717, 1.165) is 11.8 Å². The summed E-state index contributed by atoms with van der Waals surface area (Å²) in [6.07, 6.45) is 4.04. The van der Waals surface area contributed by atoms with Gasteiger partial charge in [-0.2, -0.15) is 0 Å². The maximum atomic E-state index is 4.05. The first-order chi connectivity index (χ1) is 5.22. The fourth-order valence-corrected chi connectivity index (χ4v) is 1.53. The van der Waals surface area contributed by atoms with Gasteiger partial charge in [-0.1, -0.05) is 39.8 Å². The van der Waals surface area contributed by atoms with Crippen molar-refractivity contribution in [2.24, 2.45) is 11.8 Å². The van der Waals surface area contributed by atoms with Crippen molar-refractivity contribution in [3.8, 4) is 0 Å². The third kappa shape index (κ3) is 3.09. The first kappa shape index (κ1) is 10.7. The van der Waals surface area contributed by atoms with Crippen LogP contribution in [-0.2, 0) is 0 Å². The average molecular weight is 154 g/mol. The van der Waals surface area contributed by atoms with E-state index in [-0.39, 0.29) is 0 Å².